The normalized spacial score (nSPS) is 13.2. The van der Waals surface area contributed by atoms with Crippen molar-refractivity contribution in [3.63, 3.8) is 0 Å². The molecule has 2 heterocycles. The lowest BCUT2D eigenvalue weighted by atomic mass is 10.1. The molecular formula is C30H43Cl2N5O4Si. The van der Waals surface area contributed by atoms with Crippen molar-refractivity contribution in [2.45, 2.75) is 78.2 Å². The number of hydrogen-bond acceptors (Lipinski definition) is 7. The Morgan fingerprint density at radius 1 is 1.10 bits per heavy atom. The number of rotatable bonds is 9. The number of halogens is 2. The number of amides is 1. The summed E-state index contributed by atoms with van der Waals surface area (Å²) in [5.41, 5.74) is 2.31. The molecule has 3 aromatic rings. The van der Waals surface area contributed by atoms with Gasteiger partial charge in [0.15, 0.2) is 14.1 Å². The molecule has 42 heavy (non-hydrogen) atoms. The second kappa shape index (κ2) is 12.9. The Balaban J connectivity index is 1.95. The molecule has 1 amide bonds. The van der Waals surface area contributed by atoms with Crippen LogP contribution >= 0.6 is 23.2 Å². The van der Waals surface area contributed by atoms with Gasteiger partial charge in [0.25, 0.3) is 0 Å². The second-order valence-electron chi connectivity index (χ2n) is 12.9. The Hall–Kier alpha value is -2.66. The van der Waals surface area contributed by atoms with Crippen LogP contribution in [0.5, 0.6) is 5.75 Å². The first-order valence-electron chi connectivity index (χ1n) is 13.8. The topological polar surface area (TPSA) is 91.6 Å². The minimum absolute atomic E-state index is 0.0376. The molecule has 1 aromatic carbocycles. The molecule has 0 spiro atoms. The van der Waals surface area contributed by atoms with Crippen LogP contribution in [0.25, 0.3) is 22.8 Å². The molecule has 0 saturated heterocycles. The van der Waals surface area contributed by atoms with Crippen molar-refractivity contribution in [3.05, 3.63) is 46.2 Å². The van der Waals surface area contributed by atoms with Gasteiger partial charge in [-0.2, -0.15) is 5.10 Å². The Kier molecular flexibility index (Phi) is 10.4. The summed E-state index contributed by atoms with van der Waals surface area (Å²) in [4.78, 5) is 23.7. The van der Waals surface area contributed by atoms with Gasteiger partial charge in [-0.25, -0.2) is 14.8 Å². The van der Waals surface area contributed by atoms with E-state index in [9.17, 15) is 4.79 Å². The molecule has 0 aliphatic rings. The smallest absolute Gasteiger partial charge is 0.410 e. The number of aryl methyl sites for hydroxylation is 1. The molecule has 0 unspecified atom stereocenters. The highest BCUT2D eigenvalue weighted by Crippen LogP contribution is 2.38. The summed E-state index contributed by atoms with van der Waals surface area (Å²) in [6.45, 7) is 19.2. The maximum Gasteiger partial charge on any atom is 0.410 e. The standard InChI is InChI=1S/C30H43Cl2N5O4Si/c1-19-25(24-14-15-33-36(24)8)34-27(35-26(19)32)22-16-20(12-13-23(22)31)40-18-21(41-42(10,11)30(5,6)7)17-37(28(38)39-9)29(2,3)4/h12-16,21H,17-18H2,1-11H3/t21-/m1/s1. The van der Waals surface area contributed by atoms with Gasteiger partial charge in [-0.1, -0.05) is 44.0 Å². The number of nitrogens with zero attached hydrogens (tertiary/aromatic N) is 5. The highest BCUT2D eigenvalue weighted by molar-refractivity contribution is 6.74. The van der Waals surface area contributed by atoms with Crippen LogP contribution in [0.1, 0.15) is 47.1 Å². The molecule has 2 aromatic heterocycles. The van der Waals surface area contributed by atoms with E-state index in [0.29, 0.717) is 39.6 Å². The highest BCUT2D eigenvalue weighted by Gasteiger charge is 2.41. The maximum absolute atomic E-state index is 12.7. The maximum atomic E-state index is 12.7. The van der Waals surface area contributed by atoms with Crippen LogP contribution in [0.4, 0.5) is 4.79 Å². The Morgan fingerprint density at radius 2 is 1.76 bits per heavy atom. The van der Waals surface area contributed by atoms with E-state index >= 15 is 0 Å². The van der Waals surface area contributed by atoms with E-state index in [2.05, 4.69) is 43.9 Å². The fourth-order valence-electron chi connectivity index (χ4n) is 4.07. The van der Waals surface area contributed by atoms with Gasteiger partial charge < -0.3 is 18.8 Å². The van der Waals surface area contributed by atoms with Crippen LogP contribution in [-0.2, 0) is 16.2 Å². The van der Waals surface area contributed by atoms with Crippen molar-refractivity contribution >= 4 is 37.6 Å². The third-order valence-corrected chi connectivity index (χ3v) is 12.9. The number of hydrogen-bond donors (Lipinski definition) is 0. The zero-order chi connectivity index (χ0) is 31.6. The molecular weight excluding hydrogens is 593 g/mol. The van der Waals surface area contributed by atoms with E-state index in [1.165, 1.54) is 7.11 Å². The summed E-state index contributed by atoms with van der Waals surface area (Å²) in [6, 6.07) is 7.19. The number of aromatic nitrogens is 4. The Labute approximate surface area is 260 Å². The summed E-state index contributed by atoms with van der Waals surface area (Å²) in [7, 11) is 1.01. The molecule has 230 valence electrons. The predicted octanol–water partition coefficient (Wildman–Crippen LogP) is 7.80. The predicted molar refractivity (Wildman–Crippen MR) is 171 cm³/mol. The lowest BCUT2D eigenvalue weighted by molar-refractivity contribution is 0.0338. The van der Waals surface area contributed by atoms with Gasteiger partial charge in [-0.3, -0.25) is 4.68 Å². The van der Waals surface area contributed by atoms with Gasteiger partial charge in [0.1, 0.15) is 17.5 Å². The van der Waals surface area contributed by atoms with E-state index in [0.717, 1.165) is 11.3 Å². The van der Waals surface area contributed by atoms with Gasteiger partial charge in [-0.15, -0.1) is 0 Å². The quantitative estimate of drug-likeness (QED) is 0.175. The van der Waals surface area contributed by atoms with Crippen molar-refractivity contribution in [1.82, 2.24) is 24.6 Å². The van der Waals surface area contributed by atoms with Crippen molar-refractivity contribution in [1.29, 1.82) is 0 Å². The van der Waals surface area contributed by atoms with Crippen LogP contribution in [0.3, 0.4) is 0 Å². The molecule has 0 fully saturated rings. The molecule has 0 N–H and O–H groups in total. The minimum Gasteiger partial charge on any atom is -0.491 e. The molecule has 0 saturated carbocycles. The first-order chi connectivity index (χ1) is 19.4. The van der Waals surface area contributed by atoms with Crippen LogP contribution < -0.4 is 4.74 Å². The van der Waals surface area contributed by atoms with Gasteiger partial charge in [0.2, 0.25) is 0 Å². The number of carbonyl (C=O) groups is 1. The average molecular weight is 637 g/mol. The molecule has 9 nitrogen and oxygen atoms in total. The Morgan fingerprint density at radius 3 is 2.31 bits per heavy atom. The van der Waals surface area contributed by atoms with Crippen LogP contribution in [0, 0.1) is 6.92 Å². The molecule has 1 atom stereocenters. The van der Waals surface area contributed by atoms with E-state index in [-0.39, 0.29) is 11.6 Å². The third kappa shape index (κ3) is 7.83. The van der Waals surface area contributed by atoms with Crippen molar-refractivity contribution in [3.8, 4) is 28.5 Å². The summed E-state index contributed by atoms with van der Waals surface area (Å²) in [5.74, 6) is 0.928. The Bertz CT molecular complexity index is 1420. The lowest BCUT2D eigenvalue weighted by Gasteiger charge is -2.42. The zero-order valence-electron chi connectivity index (χ0n) is 26.5. The van der Waals surface area contributed by atoms with Crippen molar-refractivity contribution in [2.75, 3.05) is 20.3 Å². The number of methoxy groups -OCH3 is 1. The van der Waals surface area contributed by atoms with Gasteiger partial charge >= 0.3 is 6.09 Å². The SMILES string of the molecule is COC(=O)N(C[C@H](COc1ccc(Cl)c(-c2nc(Cl)c(C)c(-c3ccnn3C)n2)c1)O[Si](C)(C)C(C)(C)C)C(C)(C)C. The number of benzene rings is 1. The molecule has 0 radical (unpaired) electrons. The van der Waals surface area contributed by atoms with E-state index in [4.69, 9.17) is 42.1 Å². The average Bonchev–Trinajstić information content (AvgIpc) is 3.31. The zero-order valence-corrected chi connectivity index (χ0v) is 29.0. The molecule has 0 aliphatic carbocycles. The van der Waals surface area contributed by atoms with E-state index in [1.54, 1.807) is 34.0 Å². The minimum atomic E-state index is -2.22. The molecule has 0 bridgehead atoms. The summed E-state index contributed by atoms with van der Waals surface area (Å²) in [5, 5.41) is 5.00. The number of ether oxygens (including phenoxy) is 2. The van der Waals surface area contributed by atoms with Crippen molar-refractivity contribution < 1.29 is 18.7 Å². The molecule has 3 rings (SSSR count). The monoisotopic (exact) mass is 635 g/mol. The van der Waals surface area contributed by atoms with Gasteiger partial charge in [0, 0.05) is 29.9 Å². The number of carbonyl (C=O) groups excluding carboxylic acids is 1. The van der Waals surface area contributed by atoms with Crippen LogP contribution in [0.15, 0.2) is 30.5 Å². The van der Waals surface area contributed by atoms with Crippen LogP contribution in [-0.4, -0.2) is 71.0 Å². The summed E-state index contributed by atoms with van der Waals surface area (Å²) in [6.07, 6.45) is 0.873. The fraction of sp³-hybridized carbons (Fsp3) is 0.533. The largest absolute Gasteiger partial charge is 0.491 e. The third-order valence-electron chi connectivity index (χ3n) is 7.62. The van der Waals surface area contributed by atoms with Gasteiger partial charge in [-0.05, 0) is 70.1 Å². The van der Waals surface area contributed by atoms with E-state index in [1.807, 2.05) is 40.8 Å². The first kappa shape index (κ1) is 33.8. The summed E-state index contributed by atoms with van der Waals surface area (Å²) < 4.78 is 19.9. The second-order valence-corrected chi connectivity index (χ2v) is 18.4. The highest BCUT2D eigenvalue weighted by atomic mass is 35.5. The first-order valence-corrected chi connectivity index (χ1v) is 17.5. The fourth-order valence-corrected chi connectivity index (χ4v) is 5.77. The van der Waals surface area contributed by atoms with Crippen molar-refractivity contribution in [2.24, 2.45) is 7.05 Å². The summed E-state index contributed by atoms with van der Waals surface area (Å²) >= 11 is 13.2. The lowest BCUT2D eigenvalue weighted by Crippen LogP contribution is -2.54. The molecule has 0 aliphatic heterocycles. The van der Waals surface area contributed by atoms with E-state index < -0.39 is 26.1 Å². The van der Waals surface area contributed by atoms with Gasteiger partial charge in [0.05, 0.1) is 36.2 Å². The van der Waals surface area contributed by atoms with Crippen LogP contribution in [0.2, 0.25) is 28.3 Å². The molecule has 12 heteroatoms.